The number of hydrogen-bond acceptors (Lipinski definition) is 4. The van der Waals surface area contributed by atoms with Gasteiger partial charge in [0.1, 0.15) is 0 Å². The van der Waals surface area contributed by atoms with E-state index in [-0.39, 0.29) is 6.04 Å². The molecule has 2 rings (SSSR count). The summed E-state index contributed by atoms with van der Waals surface area (Å²) in [6.07, 6.45) is 4.87. The zero-order valence-corrected chi connectivity index (χ0v) is 12.5. The van der Waals surface area contributed by atoms with Crippen molar-refractivity contribution in [3.63, 3.8) is 0 Å². The van der Waals surface area contributed by atoms with Gasteiger partial charge in [-0.1, -0.05) is 6.07 Å². The van der Waals surface area contributed by atoms with Crippen LogP contribution >= 0.6 is 0 Å². The van der Waals surface area contributed by atoms with E-state index in [1.54, 1.807) is 29.1 Å². The van der Waals surface area contributed by atoms with Crippen molar-refractivity contribution >= 4 is 21.4 Å². The zero-order valence-electron chi connectivity index (χ0n) is 11.7. The predicted molar refractivity (Wildman–Crippen MR) is 80.2 cm³/mol. The molecule has 2 N–H and O–H groups in total. The maximum atomic E-state index is 11.2. The predicted octanol–water partition coefficient (Wildman–Crippen LogP) is 1.96. The maximum absolute atomic E-state index is 11.2. The normalized spacial score (nSPS) is 12.9. The molecule has 0 aliphatic rings. The molecule has 0 fully saturated rings. The van der Waals surface area contributed by atoms with Crippen molar-refractivity contribution < 1.29 is 8.42 Å². The van der Waals surface area contributed by atoms with Crippen molar-refractivity contribution in [1.29, 1.82) is 0 Å². The molecule has 0 amide bonds. The van der Waals surface area contributed by atoms with Gasteiger partial charge in [-0.15, -0.1) is 0 Å². The topological polar surface area (TPSA) is 76.0 Å². The summed E-state index contributed by atoms with van der Waals surface area (Å²) in [5, 5.41) is 7.44. The number of anilines is 2. The van der Waals surface area contributed by atoms with Crippen LogP contribution in [0.2, 0.25) is 0 Å². The first kappa shape index (κ1) is 14.4. The number of hydrogen-bond donors (Lipinski definition) is 2. The standard InChI is InChI=1S/C13H18N4O2S/c1-10(11-8-14-17(2)9-11)15-12-5-4-6-13(7-12)16-20(3,18)19/h4-10,15-16H,1-3H3. The fourth-order valence-electron chi connectivity index (χ4n) is 1.88. The smallest absolute Gasteiger partial charge is 0.229 e. The van der Waals surface area contributed by atoms with Gasteiger partial charge in [0, 0.05) is 24.5 Å². The second-order valence-electron chi connectivity index (χ2n) is 4.77. The van der Waals surface area contributed by atoms with Crippen molar-refractivity contribution in [1.82, 2.24) is 9.78 Å². The van der Waals surface area contributed by atoms with E-state index in [1.165, 1.54) is 0 Å². The van der Waals surface area contributed by atoms with E-state index in [9.17, 15) is 8.42 Å². The average Bonchev–Trinajstić information content (AvgIpc) is 2.74. The Morgan fingerprint density at radius 1 is 1.30 bits per heavy atom. The third kappa shape index (κ3) is 3.99. The first-order valence-electron chi connectivity index (χ1n) is 6.16. The monoisotopic (exact) mass is 294 g/mol. The van der Waals surface area contributed by atoms with E-state index in [2.05, 4.69) is 15.1 Å². The fourth-order valence-corrected chi connectivity index (χ4v) is 2.44. The highest BCUT2D eigenvalue weighted by molar-refractivity contribution is 7.92. The Bertz CT molecular complexity index is 694. The summed E-state index contributed by atoms with van der Waals surface area (Å²) in [5.74, 6) is 0. The highest BCUT2D eigenvalue weighted by Gasteiger charge is 2.08. The molecule has 0 saturated carbocycles. The van der Waals surface area contributed by atoms with Gasteiger partial charge < -0.3 is 5.32 Å². The molecule has 20 heavy (non-hydrogen) atoms. The molecule has 108 valence electrons. The zero-order chi connectivity index (χ0) is 14.8. The quantitative estimate of drug-likeness (QED) is 0.884. The lowest BCUT2D eigenvalue weighted by Gasteiger charge is -2.14. The molecule has 6 nitrogen and oxygen atoms in total. The third-order valence-electron chi connectivity index (χ3n) is 2.77. The lowest BCUT2D eigenvalue weighted by Crippen LogP contribution is -2.10. The number of aryl methyl sites for hydroxylation is 1. The molecular weight excluding hydrogens is 276 g/mol. The number of sulfonamides is 1. The summed E-state index contributed by atoms with van der Waals surface area (Å²) in [5.41, 5.74) is 2.44. The first-order valence-corrected chi connectivity index (χ1v) is 8.05. The van der Waals surface area contributed by atoms with Crippen LogP contribution in [0.25, 0.3) is 0 Å². The molecular formula is C13H18N4O2S. The Kier molecular flexibility index (Phi) is 3.99. The second-order valence-corrected chi connectivity index (χ2v) is 6.52. The Morgan fingerprint density at radius 3 is 2.60 bits per heavy atom. The molecule has 0 bridgehead atoms. The summed E-state index contributed by atoms with van der Waals surface area (Å²) >= 11 is 0. The van der Waals surface area contributed by atoms with E-state index in [0.717, 1.165) is 17.5 Å². The van der Waals surface area contributed by atoms with Gasteiger partial charge >= 0.3 is 0 Å². The minimum absolute atomic E-state index is 0.0807. The van der Waals surface area contributed by atoms with Crippen LogP contribution in [0.5, 0.6) is 0 Å². The molecule has 1 heterocycles. The van der Waals surface area contributed by atoms with E-state index in [0.29, 0.717) is 5.69 Å². The fraction of sp³-hybridized carbons (Fsp3) is 0.308. The number of aromatic nitrogens is 2. The number of benzene rings is 1. The summed E-state index contributed by atoms with van der Waals surface area (Å²) in [6, 6.07) is 7.23. The Hall–Kier alpha value is -2.02. The number of rotatable bonds is 5. The minimum Gasteiger partial charge on any atom is -0.378 e. The first-order chi connectivity index (χ1) is 9.33. The SMILES string of the molecule is CC(Nc1cccc(NS(C)(=O)=O)c1)c1cnn(C)c1. The van der Waals surface area contributed by atoms with Crippen LogP contribution in [-0.4, -0.2) is 24.5 Å². The van der Waals surface area contributed by atoms with Crippen LogP contribution in [0.15, 0.2) is 36.7 Å². The van der Waals surface area contributed by atoms with E-state index >= 15 is 0 Å². The third-order valence-corrected chi connectivity index (χ3v) is 3.38. The van der Waals surface area contributed by atoms with Gasteiger partial charge in [0.25, 0.3) is 0 Å². The van der Waals surface area contributed by atoms with Crippen molar-refractivity contribution in [2.45, 2.75) is 13.0 Å². The van der Waals surface area contributed by atoms with Crippen LogP contribution in [0.1, 0.15) is 18.5 Å². The van der Waals surface area contributed by atoms with Crippen molar-refractivity contribution in [2.75, 3.05) is 16.3 Å². The van der Waals surface area contributed by atoms with Crippen LogP contribution in [0, 0.1) is 0 Å². The minimum atomic E-state index is -3.26. The molecule has 0 radical (unpaired) electrons. The molecule has 0 spiro atoms. The highest BCUT2D eigenvalue weighted by Crippen LogP contribution is 2.21. The van der Waals surface area contributed by atoms with Gasteiger partial charge in [-0.3, -0.25) is 9.40 Å². The Morgan fingerprint density at radius 2 is 2.00 bits per heavy atom. The van der Waals surface area contributed by atoms with E-state index < -0.39 is 10.0 Å². The van der Waals surface area contributed by atoms with Crippen LogP contribution in [-0.2, 0) is 17.1 Å². The Labute approximate surface area is 118 Å². The highest BCUT2D eigenvalue weighted by atomic mass is 32.2. The number of nitrogens with zero attached hydrogens (tertiary/aromatic N) is 2. The summed E-state index contributed by atoms with van der Waals surface area (Å²) in [7, 11) is -1.39. The van der Waals surface area contributed by atoms with Gasteiger partial charge in [0.05, 0.1) is 24.2 Å². The second kappa shape index (κ2) is 5.54. The molecule has 0 aliphatic carbocycles. The lowest BCUT2D eigenvalue weighted by atomic mass is 10.2. The Balaban J connectivity index is 2.11. The molecule has 2 aromatic rings. The molecule has 0 saturated heterocycles. The molecule has 0 aliphatic heterocycles. The molecule has 1 aromatic heterocycles. The summed E-state index contributed by atoms with van der Waals surface area (Å²) in [4.78, 5) is 0. The van der Waals surface area contributed by atoms with Gasteiger partial charge in [0.2, 0.25) is 10.0 Å². The molecule has 1 aromatic carbocycles. The number of nitrogens with one attached hydrogen (secondary N) is 2. The van der Waals surface area contributed by atoms with Crippen LogP contribution in [0.3, 0.4) is 0 Å². The van der Waals surface area contributed by atoms with Crippen LogP contribution < -0.4 is 10.0 Å². The van der Waals surface area contributed by atoms with E-state index in [4.69, 9.17) is 0 Å². The van der Waals surface area contributed by atoms with Gasteiger partial charge in [-0.05, 0) is 25.1 Å². The molecule has 1 atom stereocenters. The molecule has 7 heteroatoms. The average molecular weight is 294 g/mol. The van der Waals surface area contributed by atoms with Gasteiger partial charge in [-0.25, -0.2) is 8.42 Å². The maximum Gasteiger partial charge on any atom is 0.229 e. The lowest BCUT2D eigenvalue weighted by molar-refractivity contribution is 0.607. The van der Waals surface area contributed by atoms with Crippen molar-refractivity contribution in [3.05, 3.63) is 42.2 Å². The van der Waals surface area contributed by atoms with Gasteiger partial charge in [0.15, 0.2) is 0 Å². The van der Waals surface area contributed by atoms with Crippen LogP contribution in [0.4, 0.5) is 11.4 Å². The largest absolute Gasteiger partial charge is 0.378 e. The molecule has 1 unspecified atom stereocenters. The summed E-state index contributed by atoms with van der Waals surface area (Å²) < 4.78 is 26.6. The van der Waals surface area contributed by atoms with Crippen molar-refractivity contribution in [3.8, 4) is 0 Å². The summed E-state index contributed by atoms with van der Waals surface area (Å²) in [6.45, 7) is 2.02. The van der Waals surface area contributed by atoms with Crippen molar-refractivity contribution in [2.24, 2.45) is 7.05 Å². The van der Waals surface area contributed by atoms with Gasteiger partial charge in [-0.2, -0.15) is 5.10 Å². The van der Waals surface area contributed by atoms with E-state index in [1.807, 2.05) is 26.2 Å².